The Morgan fingerprint density at radius 1 is 1.23 bits per heavy atom. The molecule has 0 radical (unpaired) electrons. The van der Waals surface area contributed by atoms with Crippen LogP contribution in [0.5, 0.6) is 5.75 Å². The number of allylic oxidation sites excluding steroid dienone is 1. The van der Waals surface area contributed by atoms with Gasteiger partial charge in [-0.1, -0.05) is 6.08 Å². The van der Waals surface area contributed by atoms with E-state index in [1.54, 1.807) is 18.2 Å². The Labute approximate surface area is 77.5 Å². The Morgan fingerprint density at radius 2 is 1.77 bits per heavy atom. The van der Waals surface area contributed by atoms with Crippen molar-refractivity contribution in [3.63, 3.8) is 0 Å². The van der Waals surface area contributed by atoms with Gasteiger partial charge in [-0.3, -0.25) is 4.79 Å². The molecule has 13 heavy (non-hydrogen) atoms. The van der Waals surface area contributed by atoms with Crippen LogP contribution >= 0.6 is 0 Å². The van der Waals surface area contributed by atoms with E-state index in [1.807, 2.05) is 13.8 Å². The van der Waals surface area contributed by atoms with Crippen molar-refractivity contribution in [2.24, 2.45) is 0 Å². The zero-order valence-electron chi connectivity index (χ0n) is 7.74. The summed E-state index contributed by atoms with van der Waals surface area (Å²) in [5, 5.41) is 9.25. The molecule has 1 aromatic rings. The van der Waals surface area contributed by atoms with Crippen LogP contribution in [0, 0.1) is 13.8 Å². The zero-order valence-corrected chi connectivity index (χ0v) is 7.74. The molecule has 0 saturated heterocycles. The molecular weight excluding hydrogens is 164 g/mol. The molecule has 0 heterocycles. The van der Waals surface area contributed by atoms with E-state index in [1.165, 1.54) is 6.08 Å². The van der Waals surface area contributed by atoms with E-state index in [9.17, 15) is 9.90 Å². The Bertz CT molecular complexity index is 328. The lowest BCUT2D eigenvalue weighted by molar-refractivity contribution is -0.104. The predicted octanol–water partition coefficient (Wildman–Crippen LogP) is 2.22. The number of hydrogen-bond donors (Lipinski definition) is 1. The fraction of sp³-hybridized carbons (Fsp3) is 0.182. The lowest BCUT2D eigenvalue weighted by atomic mass is 10.0. The SMILES string of the molecule is Cc1cc(O)cc(C)c1C=CC=O. The second-order valence-electron chi connectivity index (χ2n) is 2.99. The monoisotopic (exact) mass is 176 g/mol. The molecule has 1 N–H and O–H groups in total. The summed E-state index contributed by atoms with van der Waals surface area (Å²) in [5.41, 5.74) is 2.93. The molecule has 0 aromatic heterocycles. The fourth-order valence-corrected chi connectivity index (χ4v) is 1.35. The third kappa shape index (κ3) is 2.18. The van der Waals surface area contributed by atoms with Gasteiger partial charge < -0.3 is 5.11 Å². The zero-order chi connectivity index (χ0) is 9.84. The van der Waals surface area contributed by atoms with Crippen molar-refractivity contribution in [1.29, 1.82) is 0 Å². The summed E-state index contributed by atoms with van der Waals surface area (Å²) in [7, 11) is 0. The maximum atomic E-state index is 10.1. The van der Waals surface area contributed by atoms with Crippen molar-refractivity contribution >= 4 is 12.4 Å². The minimum absolute atomic E-state index is 0.262. The van der Waals surface area contributed by atoms with Gasteiger partial charge in [-0.2, -0.15) is 0 Å². The first-order valence-electron chi connectivity index (χ1n) is 4.07. The average molecular weight is 176 g/mol. The molecule has 0 aliphatic carbocycles. The summed E-state index contributed by atoms with van der Waals surface area (Å²) in [5.74, 6) is 0.262. The first kappa shape index (κ1) is 9.52. The number of carbonyl (C=O) groups is 1. The van der Waals surface area contributed by atoms with Crippen molar-refractivity contribution in [2.45, 2.75) is 13.8 Å². The second kappa shape index (κ2) is 3.90. The van der Waals surface area contributed by atoms with Gasteiger partial charge in [0.1, 0.15) is 12.0 Å². The van der Waals surface area contributed by atoms with Crippen LogP contribution in [0.25, 0.3) is 6.08 Å². The van der Waals surface area contributed by atoms with Crippen LogP contribution < -0.4 is 0 Å². The van der Waals surface area contributed by atoms with Crippen molar-refractivity contribution in [3.8, 4) is 5.75 Å². The van der Waals surface area contributed by atoms with Gasteiger partial charge in [0.2, 0.25) is 0 Å². The maximum Gasteiger partial charge on any atom is 0.142 e. The molecule has 0 aliphatic rings. The molecule has 1 aromatic carbocycles. The van der Waals surface area contributed by atoms with E-state index in [4.69, 9.17) is 0 Å². The Balaban J connectivity index is 3.20. The Kier molecular flexibility index (Phi) is 2.85. The number of carbonyl (C=O) groups excluding carboxylic acids is 1. The second-order valence-corrected chi connectivity index (χ2v) is 2.99. The number of phenols is 1. The highest BCUT2D eigenvalue weighted by Gasteiger charge is 2.00. The Hall–Kier alpha value is -1.57. The molecule has 0 unspecified atom stereocenters. The van der Waals surface area contributed by atoms with Crippen LogP contribution in [-0.4, -0.2) is 11.4 Å². The topological polar surface area (TPSA) is 37.3 Å². The first-order chi connectivity index (χ1) is 6.15. The summed E-state index contributed by atoms with van der Waals surface area (Å²) >= 11 is 0. The van der Waals surface area contributed by atoms with Gasteiger partial charge in [0.25, 0.3) is 0 Å². The van der Waals surface area contributed by atoms with E-state index >= 15 is 0 Å². The maximum absolute atomic E-state index is 10.1. The van der Waals surface area contributed by atoms with Gasteiger partial charge in [0.05, 0.1) is 0 Å². The van der Waals surface area contributed by atoms with Crippen LogP contribution in [0.1, 0.15) is 16.7 Å². The molecule has 0 saturated carbocycles. The van der Waals surface area contributed by atoms with E-state index < -0.39 is 0 Å². The summed E-state index contributed by atoms with van der Waals surface area (Å²) in [6, 6.07) is 3.36. The van der Waals surface area contributed by atoms with Crippen molar-refractivity contribution in [1.82, 2.24) is 0 Å². The van der Waals surface area contributed by atoms with Crippen molar-refractivity contribution in [2.75, 3.05) is 0 Å². The number of aryl methyl sites for hydroxylation is 2. The molecule has 0 fully saturated rings. The molecule has 0 bridgehead atoms. The number of phenolic OH excluding ortho intramolecular Hbond substituents is 1. The highest BCUT2D eigenvalue weighted by atomic mass is 16.3. The molecule has 68 valence electrons. The molecule has 0 spiro atoms. The number of hydrogen-bond acceptors (Lipinski definition) is 2. The standard InChI is InChI=1S/C11H12O2/c1-8-6-10(13)7-9(2)11(8)4-3-5-12/h3-7,13H,1-2H3. The number of aldehydes is 1. The minimum atomic E-state index is 0.262. The smallest absolute Gasteiger partial charge is 0.142 e. The van der Waals surface area contributed by atoms with Crippen molar-refractivity contribution in [3.05, 3.63) is 34.9 Å². The molecule has 2 nitrogen and oxygen atoms in total. The van der Waals surface area contributed by atoms with Gasteiger partial charge in [0, 0.05) is 0 Å². The lowest BCUT2D eigenvalue weighted by Gasteiger charge is -2.05. The normalized spacial score (nSPS) is 10.6. The van der Waals surface area contributed by atoms with Crippen LogP contribution in [0.4, 0.5) is 0 Å². The van der Waals surface area contributed by atoms with Gasteiger partial charge in [0.15, 0.2) is 0 Å². The van der Waals surface area contributed by atoms with E-state index in [0.29, 0.717) is 0 Å². The lowest BCUT2D eigenvalue weighted by Crippen LogP contribution is -1.85. The molecule has 0 aliphatic heterocycles. The number of benzene rings is 1. The highest BCUT2D eigenvalue weighted by Crippen LogP contribution is 2.21. The summed E-state index contributed by atoms with van der Waals surface area (Å²) in [6.07, 6.45) is 3.94. The molecule has 0 atom stereocenters. The summed E-state index contributed by atoms with van der Waals surface area (Å²) in [6.45, 7) is 3.80. The average Bonchev–Trinajstić information content (AvgIpc) is 2.02. The predicted molar refractivity (Wildman–Crippen MR) is 52.7 cm³/mol. The third-order valence-corrected chi connectivity index (χ3v) is 1.92. The van der Waals surface area contributed by atoms with Crippen LogP contribution in [0.2, 0.25) is 0 Å². The Morgan fingerprint density at radius 3 is 2.23 bits per heavy atom. The quantitative estimate of drug-likeness (QED) is 0.554. The van der Waals surface area contributed by atoms with E-state index in [-0.39, 0.29) is 5.75 Å². The highest BCUT2D eigenvalue weighted by molar-refractivity contribution is 5.75. The van der Waals surface area contributed by atoms with Crippen LogP contribution in [0.3, 0.4) is 0 Å². The van der Waals surface area contributed by atoms with E-state index in [0.717, 1.165) is 23.0 Å². The van der Waals surface area contributed by atoms with Crippen LogP contribution in [-0.2, 0) is 4.79 Å². The fourth-order valence-electron chi connectivity index (χ4n) is 1.35. The summed E-state index contributed by atoms with van der Waals surface area (Å²) in [4.78, 5) is 10.1. The van der Waals surface area contributed by atoms with Crippen LogP contribution in [0.15, 0.2) is 18.2 Å². The largest absolute Gasteiger partial charge is 0.508 e. The molecule has 2 heteroatoms. The summed E-state index contributed by atoms with van der Waals surface area (Å²) < 4.78 is 0. The molecule has 0 amide bonds. The van der Waals surface area contributed by atoms with Gasteiger partial charge in [-0.05, 0) is 48.7 Å². The first-order valence-corrected chi connectivity index (χ1v) is 4.07. The number of rotatable bonds is 2. The molecular formula is C11H12O2. The molecule has 1 rings (SSSR count). The van der Waals surface area contributed by atoms with Crippen molar-refractivity contribution < 1.29 is 9.90 Å². The number of aromatic hydroxyl groups is 1. The minimum Gasteiger partial charge on any atom is -0.508 e. The van der Waals surface area contributed by atoms with Gasteiger partial charge in [-0.25, -0.2) is 0 Å². The van der Waals surface area contributed by atoms with E-state index in [2.05, 4.69) is 0 Å². The third-order valence-electron chi connectivity index (χ3n) is 1.92. The van der Waals surface area contributed by atoms with Gasteiger partial charge >= 0.3 is 0 Å². The van der Waals surface area contributed by atoms with Gasteiger partial charge in [-0.15, -0.1) is 0 Å².